The molecule has 0 bridgehead atoms. The van der Waals surface area contributed by atoms with Crippen molar-refractivity contribution in [2.45, 2.75) is 19.8 Å². The molecule has 0 radical (unpaired) electrons. The molecule has 0 aliphatic heterocycles. The van der Waals surface area contributed by atoms with E-state index in [-0.39, 0.29) is 13.0 Å². The number of amides is 1. The summed E-state index contributed by atoms with van der Waals surface area (Å²) in [4.78, 5) is 23.5. The van der Waals surface area contributed by atoms with Gasteiger partial charge in [0.15, 0.2) is 6.61 Å². The van der Waals surface area contributed by atoms with Gasteiger partial charge in [-0.05, 0) is 55.3 Å². The zero-order valence-corrected chi connectivity index (χ0v) is 15.6. The van der Waals surface area contributed by atoms with E-state index in [1.54, 1.807) is 36.4 Å². The average Bonchev–Trinajstić information content (AvgIpc) is 2.65. The number of hydrogen-bond donors (Lipinski definition) is 1. The average molecular weight is 387 g/mol. The molecule has 0 heterocycles. The van der Waals surface area contributed by atoms with Gasteiger partial charge in [-0.25, -0.2) is 0 Å². The van der Waals surface area contributed by atoms with Gasteiger partial charge in [-0.3, -0.25) is 9.59 Å². The Bertz CT molecular complexity index is 861. The fraction of sp³-hybridized carbons (Fsp3) is 0.250. The molecular weight excluding hydrogens is 368 g/mol. The molecule has 0 aliphatic carbocycles. The van der Waals surface area contributed by atoms with Crippen LogP contribution in [0.25, 0.3) is 0 Å². The standard InChI is InChI=1S/C20H19ClN2O4/c1-14-10-16(21)7-8-18(14)26-9-3-6-20(25)27-13-19(24)23-17-5-2-4-15(11-17)12-22/h2,4-5,7-8,10-11H,3,6,9,13H2,1H3,(H,23,24). The minimum Gasteiger partial charge on any atom is -0.493 e. The van der Waals surface area contributed by atoms with Gasteiger partial charge in [0, 0.05) is 17.1 Å². The van der Waals surface area contributed by atoms with Crippen molar-refractivity contribution in [2.24, 2.45) is 0 Å². The highest BCUT2D eigenvalue weighted by Crippen LogP contribution is 2.21. The molecule has 0 aromatic heterocycles. The van der Waals surface area contributed by atoms with E-state index >= 15 is 0 Å². The molecule has 0 saturated heterocycles. The number of nitriles is 1. The third kappa shape index (κ3) is 7.00. The minimum absolute atomic E-state index is 0.143. The van der Waals surface area contributed by atoms with Crippen LogP contribution in [-0.2, 0) is 14.3 Å². The van der Waals surface area contributed by atoms with Crippen molar-refractivity contribution in [3.8, 4) is 11.8 Å². The van der Waals surface area contributed by atoms with E-state index in [1.807, 2.05) is 13.0 Å². The maximum atomic E-state index is 11.8. The number of anilines is 1. The molecule has 7 heteroatoms. The van der Waals surface area contributed by atoms with Crippen molar-refractivity contribution < 1.29 is 19.1 Å². The van der Waals surface area contributed by atoms with Crippen molar-refractivity contribution in [2.75, 3.05) is 18.5 Å². The van der Waals surface area contributed by atoms with Gasteiger partial charge in [-0.1, -0.05) is 17.7 Å². The largest absolute Gasteiger partial charge is 0.493 e. The van der Waals surface area contributed by atoms with Gasteiger partial charge in [0.05, 0.1) is 18.2 Å². The number of hydrogen-bond acceptors (Lipinski definition) is 5. The van der Waals surface area contributed by atoms with E-state index < -0.39 is 11.9 Å². The first-order chi connectivity index (χ1) is 13.0. The third-order valence-electron chi connectivity index (χ3n) is 3.56. The zero-order chi connectivity index (χ0) is 19.6. The second-order valence-electron chi connectivity index (χ2n) is 5.76. The Morgan fingerprint density at radius 2 is 2.04 bits per heavy atom. The number of rotatable bonds is 8. The Morgan fingerprint density at radius 3 is 2.78 bits per heavy atom. The molecule has 0 fully saturated rings. The fourth-order valence-corrected chi connectivity index (χ4v) is 2.48. The number of nitrogens with zero attached hydrogens (tertiary/aromatic N) is 1. The first-order valence-electron chi connectivity index (χ1n) is 8.32. The summed E-state index contributed by atoms with van der Waals surface area (Å²) in [6.45, 7) is 1.86. The van der Waals surface area contributed by atoms with Crippen molar-refractivity contribution in [1.82, 2.24) is 0 Å². The number of carbonyl (C=O) groups is 2. The molecule has 2 rings (SSSR count). The molecule has 0 atom stereocenters. The number of ether oxygens (including phenoxy) is 2. The lowest BCUT2D eigenvalue weighted by Crippen LogP contribution is -2.21. The SMILES string of the molecule is Cc1cc(Cl)ccc1OCCCC(=O)OCC(=O)Nc1cccc(C#N)c1. The van der Waals surface area contributed by atoms with Gasteiger partial charge in [-0.2, -0.15) is 5.26 Å². The van der Waals surface area contributed by atoms with Crippen molar-refractivity contribution in [3.05, 3.63) is 58.6 Å². The Hall–Kier alpha value is -3.04. The van der Waals surface area contributed by atoms with Gasteiger partial charge in [0.2, 0.25) is 0 Å². The number of aryl methyl sites for hydroxylation is 1. The Labute approximate surface area is 162 Å². The summed E-state index contributed by atoms with van der Waals surface area (Å²) in [6.07, 6.45) is 0.608. The van der Waals surface area contributed by atoms with E-state index in [4.69, 9.17) is 26.3 Å². The van der Waals surface area contributed by atoms with E-state index in [2.05, 4.69) is 5.32 Å². The molecule has 1 N–H and O–H groups in total. The maximum Gasteiger partial charge on any atom is 0.306 e. The zero-order valence-electron chi connectivity index (χ0n) is 14.8. The number of esters is 1. The van der Waals surface area contributed by atoms with Crippen LogP contribution in [0.5, 0.6) is 5.75 Å². The maximum absolute atomic E-state index is 11.8. The lowest BCUT2D eigenvalue weighted by Gasteiger charge is -2.09. The minimum atomic E-state index is -0.479. The van der Waals surface area contributed by atoms with Crippen molar-refractivity contribution >= 4 is 29.2 Å². The highest BCUT2D eigenvalue weighted by atomic mass is 35.5. The molecule has 140 valence electrons. The second-order valence-corrected chi connectivity index (χ2v) is 6.20. The van der Waals surface area contributed by atoms with Crippen molar-refractivity contribution in [3.63, 3.8) is 0 Å². The number of benzene rings is 2. The van der Waals surface area contributed by atoms with E-state index in [0.717, 1.165) is 5.56 Å². The molecule has 2 aromatic carbocycles. The van der Waals surface area contributed by atoms with E-state index in [0.29, 0.717) is 35.1 Å². The topological polar surface area (TPSA) is 88.4 Å². The van der Waals surface area contributed by atoms with Crippen LogP contribution in [-0.4, -0.2) is 25.1 Å². The fourth-order valence-electron chi connectivity index (χ4n) is 2.26. The van der Waals surface area contributed by atoms with E-state index in [9.17, 15) is 9.59 Å². The smallest absolute Gasteiger partial charge is 0.306 e. The number of carbonyl (C=O) groups excluding carboxylic acids is 2. The summed E-state index contributed by atoms with van der Waals surface area (Å²) in [5, 5.41) is 12.0. The molecule has 6 nitrogen and oxygen atoms in total. The van der Waals surface area contributed by atoms with Crippen LogP contribution in [0.1, 0.15) is 24.0 Å². The first-order valence-corrected chi connectivity index (χ1v) is 8.70. The summed E-state index contributed by atoms with van der Waals surface area (Å²) in [6, 6.07) is 13.8. The Morgan fingerprint density at radius 1 is 1.22 bits per heavy atom. The Balaban J connectivity index is 1.65. The van der Waals surface area contributed by atoms with Gasteiger partial charge >= 0.3 is 5.97 Å². The Kier molecular flexibility index (Phi) is 7.65. The second kappa shape index (κ2) is 10.2. The van der Waals surface area contributed by atoms with Crippen LogP contribution in [0.3, 0.4) is 0 Å². The van der Waals surface area contributed by atoms with Crippen LogP contribution >= 0.6 is 11.6 Å². The summed E-state index contributed by atoms with van der Waals surface area (Å²) in [5.41, 5.74) is 1.82. The van der Waals surface area contributed by atoms with Crippen LogP contribution < -0.4 is 10.1 Å². The van der Waals surface area contributed by atoms with Gasteiger partial charge in [-0.15, -0.1) is 0 Å². The third-order valence-corrected chi connectivity index (χ3v) is 3.79. The lowest BCUT2D eigenvalue weighted by atomic mass is 10.2. The van der Waals surface area contributed by atoms with Crippen LogP contribution in [0.4, 0.5) is 5.69 Å². The highest BCUT2D eigenvalue weighted by Gasteiger charge is 2.09. The van der Waals surface area contributed by atoms with Crippen LogP contribution in [0.15, 0.2) is 42.5 Å². The van der Waals surface area contributed by atoms with Gasteiger partial charge < -0.3 is 14.8 Å². The summed E-state index contributed by atoms with van der Waals surface area (Å²) in [5.74, 6) is -0.231. The molecule has 0 unspecified atom stereocenters. The van der Waals surface area contributed by atoms with Gasteiger partial charge in [0.1, 0.15) is 5.75 Å². The quantitative estimate of drug-likeness (QED) is 0.549. The summed E-state index contributed by atoms with van der Waals surface area (Å²) >= 11 is 5.88. The molecule has 27 heavy (non-hydrogen) atoms. The summed E-state index contributed by atoms with van der Waals surface area (Å²) in [7, 11) is 0. The van der Waals surface area contributed by atoms with Gasteiger partial charge in [0.25, 0.3) is 5.91 Å². The highest BCUT2D eigenvalue weighted by molar-refractivity contribution is 6.30. The monoisotopic (exact) mass is 386 g/mol. The molecule has 0 saturated carbocycles. The molecule has 2 aromatic rings. The first kappa shape index (κ1) is 20.3. The number of halogens is 1. The lowest BCUT2D eigenvalue weighted by molar-refractivity contribution is -0.147. The normalized spacial score (nSPS) is 9.96. The van der Waals surface area contributed by atoms with E-state index in [1.165, 1.54) is 6.07 Å². The predicted molar refractivity (Wildman–Crippen MR) is 102 cm³/mol. The number of nitrogens with one attached hydrogen (secondary N) is 1. The molecule has 0 spiro atoms. The van der Waals surface area contributed by atoms with Crippen molar-refractivity contribution in [1.29, 1.82) is 5.26 Å². The molecule has 1 amide bonds. The van der Waals surface area contributed by atoms with Crippen LogP contribution in [0, 0.1) is 18.3 Å². The molecule has 0 aliphatic rings. The predicted octanol–water partition coefficient (Wildman–Crippen LogP) is 3.86. The molecular formula is C20H19ClN2O4. The summed E-state index contributed by atoms with van der Waals surface area (Å²) < 4.78 is 10.5. The van der Waals surface area contributed by atoms with Crippen LogP contribution in [0.2, 0.25) is 5.02 Å².